The van der Waals surface area contributed by atoms with Gasteiger partial charge >= 0.3 is 0 Å². The van der Waals surface area contributed by atoms with Crippen molar-refractivity contribution in [3.05, 3.63) is 35.4 Å². The normalized spacial score (nSPS) is 17.0. The Bertz CT molecular complexity index is 491. The van der Waals surface area contributed by atoms with Gasteiger partial charge in [0.25, 0.3) is 0 Å². The maximum Gasteiger partial charge on any atom is 0.236 e. The van der Waals surface area contributed by atoms with Gasteiger partial charge in [-0.05, 0) is 17.0 Å². The van der Waals surface area contributed by atoms with E-state index in [1.807, 2.05) is 14.1 Å². The molecule has 0 saturated carbocycles. The molecule has 1 fully saturated rings. The Balaban J connectivity index is 1.82. The van der Waals surface area contributed by atoms with E-state index in [9.17, 15) is 4.79 Å². The van der Waals surface area contributed by atoms with E-state index >= 15 is 0 Å². The highest BCUT2D eigenvalue weighted by Gasteiger charge is 2.19. The Labute approximate surface area is 134 Å². The molecule has 0 N–H and O–H groups in total. The number of hydrogen-bond donors (Lipinski definition) is 0. The van der Waals surface area contributed by atoms with Gasteiger partial charge in [-0.1, -0.05) is 38.1 Å². The summed E-state index contributed by atoms with van der Waals surface area (Å²) in [5.41, 5.74) is 2.80. The van der Waals surface area contributed by atoms with Crippen LogP contribution < -0.4 is 0 Å². The summed E-state index contributed by atoms with van der Waals surface area (Å²) < 4.78 is 0. The van der Waals surface area contributed by atoms with Crippen molar-refractivity contribution in [1.29, 1.82) is 0 Å². The van der Waals surface area contributed by atoms with Crippen molar-refractivity contribution in [1.82, 2.24) is 14.7 Å². The maximum absolute atomic E-state index is 11.8. The van der Waals surface area contributed by atoms with Gasteiger partial charge in [0.05, 0.1) is 6.54 Å². The van der Waals surface area contributed by atoms with Gasteiger partial charge < -0.3 is 4.90 Å². The zero-order chi connectivity index (χ0) is 16.1. The molecule has 0 aromatic heterocycles. The number of nitrogens with zero attached hydrogens (tertiary/aromatic N) is 3. The van der Waals surface area contributed by atoms with E-state index in [2.05, 4.69) is 47.9 Å². The molecule has 1 saturated heterocycles. The smallest absolute Gasteiger partial charge is 0.236 e. The Morgan fingerprint density at radius 3 is 2.36 bits per heavy atom. The second kappa shape index (κ2) is 7.75. The second-order valence-electron chi connectivity index (χ2n) is 6.74. The average molecular weight is 303 g/mol. The SMILES string of the molecule is CC(C)c1cccc(CN2CCN(CC(=O)N(C)C)CC2)c1. The molecule has 4 heteroatoms. The molecule has 0 atom stereocenters. The van der Waals surface area contributed by atoms with Crippen molar-refractivity contribution in [2.75, 3.05) is 46.8 Å². The lowest BCUT2D eigenvalue weighted by Gasteiger charge is -2.34. The van der Waals surface area contributed by atoms with Crippen LogP contribution in [0, 0.1) is 0 Å². The highest BCUT2D eigenvalue weighted by atomic mass is 16.2. The molecule has 2 rings (SSSR count). The molecule has 1 amide bonds. The molecule has 0 spiro atoms. The van der Waals surface area contributed by atoms with Crippen LogP contribution in [0.25, 0.3) is 0 Å². The molecule has 0 unspecified atom stereocenters. The maximum atomic E-state index is 11.8. The van der Waals surface area contributed by atoms with E-state index in [1.165, 1.54) is 11.1 Å². The first-order valence-electron chi connectivity index (χ1n) is 8.19. The summed E-state index contributed by atoms with van der Waals surface area (Å²) in [5, 5.41) is 0. The predicted molar refractivity (Wildman–Crippen MR) is 90.9 cm³/mol. The van der Waals surface area contributed by atoms with Crippen LogP contribution in [0.15, 0.2) is 24.3 Å². The fourth-order valence-electron chi connectivity index (χ4n) is 2.75. The van der Waals surface area contributed by atoms with Crippen LogP contribution in [0.5, 0.6) is 0 Å². The van der Waals surface area contributed by atoms with Crippen LogP contribution in [0.1, 0.15) is 30.9 Å². The van der Waals surface area contributed by atoms with Gasteiger partial charge in [0, 0.05) is 46.8 Å². The van der Waals surface area contributed by atoms with Crippen molar-refractivity contribution in [3.63, 3.8) is 0 Å². The third-order valence-corrected chi connectivity index (χ3v) is 4.35. The molecule has 0 aliphatic carbocycles. The summed E-state index contributed by atoms with van der Waals surface area (Å²) in [7, 11) is 3.64. The highest BCUT2D eigenvalue weighted by molar-refractivity contribution is 5.77. The molecule has 4 nitrogen and oxygen atoms in total. The van der Waals surface area contributed by atoms with Crippen molar-refractivity contribution in [2.45, 2.75) is 26.3 Å². The fraction of sp³-hybridized carbons (Fsp3) is 0.611. The minimum atomic E-state index is 0.193. The van der Waals surface area contributed by atoms with Gasteiger partial charge in [-0.3, -0.25) is 14.6 Å². The topological polar surface area (TPSA) is 26.8 Å². The zero-order valence-corrected chi connectivity index (χ0v) is 14.4. The van der Waals surface area contributed by atoms with E-state index in [1.54, 1.807) is 4.90 Å². The number of rotatable bonds is 5. The lowest BCUT2D eigenvalue weighted by Crippen LogP contribution is -2.48. The minimum Gasteiger partial charge on any atom is -0.348 e. The van der Waals surface area contributed by atoms with Crippen LogP contribution in [0.3, 0.4) is 0 Å². The number of amides is 1. The molecule has 1 aliphatic heterocycles. The summed E-state index contributed by atoms with van der Waals surface area (Å²) in [5.74, 6) is 0.770. The Morgan fingerprint density at radius 2 is 1.77 bits per heavy atom. The standard InChI is InChI=1S/C18H29N3O/c1-15(2)17-7-5-6-16(12-17)13-20-8-10-21(11-9-20)14-18(22)19(3)4/h5-7,12,15H,8-11,13-14H2,1-4H3. The highest BCUT2D eigenvalue weighted by Crippen LogP contribution is 2.17. The summed E-state index contributed by atoms with van der Waals surface area (Å²) in [4.78, 5) is 18.2. The Morgan fingerprint density at radius 1 is 1.14 bits per heavy atom. The first-order chi connectivity index (χ1) is 10.5. The van der Waals surface area contributed by atoms with Crippen molar-refractivity contribution >= 4 is 5.91 Å². The quantitative estimate of drug-likeness (QED) is 0.832. The van der Waals surface area contributed by atoms with Crippen LogP contribution in [0.4, 0.5) is 0 Å². The Kier molecular flexibility index (Phi) is 5.98. The first kappa shape index (κ1) is 17.0. The number of carbonyl (C=O) groups excluding carboxylic acids is 1. The average Bonchev–Trinajstić information content (AvgIpc) is 2.49. The van der Waals surface area contributed by atoms with Crippen LogP contribution in [0.2, 0.25) is 0 Å². The van der Waals surface area contributed by atoms with Gasteiger partial charge in [-0.25, -0.2) is 0 Å². The van der Waals surface area contributed by atoms with Crippen molar-refractivity contribution in [2.24, 2.45) is 0 Å². The van der Waals surface area contributed by atoms with Gasteiger partial charge in [0.2, 0.25) is 5.91 Å². The fourth-order valence-corrected chi connectivity index (χ4v) is 2.75. The molecule has 1 aliphatic rings. The van der Waals surface area contributed by atoms with Gasteiger partial charge in [-0.15, -0.1) is 0 Å². The van der Waals surface area contributed by atoms with E-state index in [-0.39, 0.29) is 5.91 Å². The molecular weight excluding hydrogens is 274 g/mol. The summed E-state index contributed by atoms with van der Waals surface area (Å²) in [6.07, 6.45) is 0. The van der Waals surface area contributed by atoms with Gasteiger partial charge in [0.15, 0.2) is 0 Å². The van der Waals surface area contributed by atoms with Gasteiger partial charge in [0.1, 0.15) is 0 Å². The van der Waals surface area contributed by atoms with E-state index in [0.29, 0.717) is 12.5 Å². The van der Waals surface area contributed by atoms with Crippen molar-refractivity contribution in [3.8, 4) is 0 Å². The van der Waals surface area contributed by atoms with E-state index in [0.717, 1.165) is 32.7 Å². The number of hydrogen-bond acceptors (Lipinski definition) is 3. The third kappa shape index (κ3) is 4.82. The van der Waals surface area contributed by atoms with E-state index < -0.39 is 0 Å². The summed E-state index contributed by atoms with van der Waals surface area (Å²) >= 11 is 0. The first-order valence-corrected chi connectivity index (χ1v) is 8.19. The second-order valence-corrected chi connectivity index (χ2v) is 6.74. The molecule has 1 aromatic rings. The van der Waals surface area contributed by atoms with Crippen LogP contribution >= 0.6 is 0 Å². The van der Waals surface area contributed by atoms with Crippen LogP contribution in [-0.2, 0) is 11.3 Å². The van der Waals surface area contributed by atoms with E-state index in [4.69, 9.17) is 0 Å². The summed E-state index contributed by atoms with van der Waals surface area (Å²) in [6.45, 7) is 10.0. The van der Waals surface area contributed by atoms with Gasteiger partial charge in [-0.2, -0.15) is 0 Å². The monoisotopic (exact) mass is 303 g/mol. The van der Waals surface area contributed by atoms with Crippen LogP contribution in [-0.4, -0.2) is 67.4 Å². The molecule has 1 aromatic carbocycles. The molecule has 122 valence electrons. The molecule has 1 heterocycles. The lowest BCUT2D eigenvalue weighted by atomic mass is 10.0. The number of carbonyl (C=O) groups is 1. The molecular formula is C18H29N3O. The van der Waals surface area contributed by atoms with Crippen molar-refractivity contribution < 1.29 is 4.79 Å². The number of likely N-dealkylation sites (N-methyl/N-ethyl adjacent to an activating group) is 1. The Hall–Kier alpha value is -1.39. The third-order valence-electron chi connectivity index (χ3n) is 4.35. The molecule has 0 radical (unpaired) electrons. The minimum absolute atomic E-state index is 0.193. The number of benzene rings is 1. The molecule has 0 bridgehead atoms. The summed E-state index contributed by atoms with van der Waals surface area (Å²) in [6, 6.07) is 8.91. The predicted octanol–water partition coefficient (Wildman–Crippen LogP) is 2.02. The largest absolute Gasteiger partial charge is 0.348 e. The zero-order valence-electron chi connectivity index (χ0n) is 14.4. The number of piperazine rings is 1. The lowest BCUT2D eigenvalue weighted by molar-refractivity contribution is -0.130. The molecule has 22 heavy (non-hydrogen) atoms.